The molecule has 2 heterocycles. The second kappa shape index (κ2) is 3.96. The highest BCUT2D eigenvalue weighted by molar-refractivity contribution is 6.30. The predicted octanol–water partition coefficient (Wildman–Crippen LogP) is 2.34. The van der Waals surface area contributed by atoms with Crippen molar-refractivity contribution in [2.75, 3.05) is 5.73 Å². The average molecular weight is 260 g/mol. The van der Waals surface area contributed by atoms with E-state index >= 15 is 0 Å². The summed E-state index contributed by atoms with van der Waals surface area (Å²) in [6, 6.07) is 7.49. The minimum Gasteiger partial charge on any atom is -0.383 e. The SMILES string of the molecule is Cc1nc2ncnn2c(N)c1-c1cccc(Cl)c1. The van der Waals surface area contributed by atoms with Crippen LogP contribution in [-0.4, -0.2) is 19.6 Å². The first-order chi connectivity index (χ1) is 8.66. The van der Waals surface area contributed by atoms with Crippen molar-refractivity contribution in [2.45, 2.75) is 6.92 Å². The molecule has 0 amide bonds. The first kappa shape index (κ1) is 11.0. The molecular weight excluding hydrogens is 250 g/mol. The zero-order valence-corrected chi connectivity index (χ0v) is 10.4. The molecule has 2 aromatic heterocycles. The number of hydrogen-bond acceptors (Lipinski definition) is 4. The Balaban J connectivity index is 2.34. The second-order valence-corrected chi connectivity index (χ2v) is 4.38. The van der Waals surface area contributed by atoms with Crippen molar-refractivity contribution in [1.29, 1.82) is 0 Å². The van der Waals surface area contributed by atoms with E-state index in [0.29, 0.717) is 16.6 Å². The molecule has 0 aliphatic heterocycles. The minimum atomic E-state index is 0.496. The van der Waals surface area contributed by atoms with Crippen LogP contribution < -0.4 is 5.73 Å². The fourth-order valence-corrected chi connectivity index (χ4v) is 2.17. The van der Waals surface area contributed by atoms with Gasteiger partial charge in [0.2, 0.25) is 0 Å². The van der Waals surface area contributed by atoms with Crippen LogP contribution in [0.3, 0.4) is 0 Å². The number of halogens is 1. The standard InChI is InChI=1S/C12H10ClN5/c1-7-10(8-3-2-4-9(13)5-8)11(14)18-12(17-7)15-6-16-18/h2-6H,14H2,1H3. The quantitative estimate of drug-likeness (QED) is 0.728. The average Bonchev–Trinajstić information content (AvgIpc) is 2.77. The van der Waals surface area contributed by atoms with Gasteiger partial charge in [-0.25, -0.2) is 4.98 Å². The zero-order valence-electron chi connectivity index (χ0n) is 9.63. The van der Waals surface area contributed by atoms with Crippen molar-refractivity contribution >= 4 is 23.2 Å². The molecule has 3 rings (SSSR count). The summed E-state index contributed by atoms with van der Waals surface area (Å²) < 4.78 is 1.52. The van der Waals surface area contributed by atoms with Gasteiger partial charge in [-0.1, -0.05) is 23.7 Å². The van der Waals surface area contributed by atoms with Crippen LogP contribution in [0.4, 0.5) is 5.82 Å². The van der Waals surface area contributed by atoms with Crippen molar-refractivity contribution in [1.82, 2.24) is 19.6 Å². The number of aromatic nitrogens is 4. The molecule has 0 aliphatic carbocycles. The normalized spacial score (nSPS) is 11.0. The Kier molecular flexibility index (Phi) is 2.41. The monoisotopic (exact) mass is 259 g/mol. The van der Waals surface area contributed by atoms with E-state index in [1.807, 2.05) is 31.2 Å². The van der Waals surface area contributed by atoms with E-state index in [2.05, 4.69) is 15.1 Å². The second-order valence-electron chi connectivity index (χ2n) is 3.94. The van der Waals surface area contributed by atoms with Gasteiger partial charge < -0.3 is 5.73 Å². The molecule has 3 aromatic rings. The highest BCUT2D eigenvalue weighted by Crippen LogP contribution is 2.30. The van der Waals surface area contributed by atoms with Gasteiger partial charge in [-0.2, -0.15) is 14.6 Å². The molecule has 0 fully saturated rings. The fourth-order valence-electron chi connectivity index (χ4n) is 1.98. The third-order valence-corrected chi connectivity index (χ3v) is 2.99. The van der Waals surface area contributed by atoms with E-state index in [0.717, 1.165) is 16.8 Å². The lowest BCUT2D eigenvalue weighted by atomic mass is 10.1. The van der Waals surface area contributed by atoms with Crippen LogP contribution in [-0.2, 0) is 0 Å². The molecule has 0 atom stereocenters. The molecule has 0 aliphatic rings. The van der Waals surface area contributed by atoms with Gasteiger partial charge >= 0.3 is 0 Å². The van der Waals surface area contributed by atoms with Crippen LogP contribution in [0.25, 0.3) is 16.9 Å². The summed E-state index contributed by atoms with van der Waals surface area (Å²) in [6.07, 6.45) is 1.43. The maximum absolute atomic E-state index is 6.12. The van der Waals surface area contributed by atoms with Crippen LogP contribution in [0.2, 0.25) is 5.02 Å². The van der Waals surface area contributed by atoms with Crippen LogP contribution in [0.5, 0.6) is 0 Å². The first-order valence-electron chi connectivity index (χ1n) is 5.38. The van der Waals surface area contributed by atoms with Gasteiger partial charge in [0.1, 0.15) is 12.1 Å². The summed E-state index contributed by atoms with van der Waals surface area (Å²) in [7, 11) is 0. The molecular formula is C12H10ClN5. The predicted molar refractivity (Wildman–Crippen MR) is 70.4 cm³/mol. The van der Waals surface area contributed by atoms with Crippen molar-refractivity contribution in [3.63, 3.8) is 0 Å². The number of hydrogen-bond donors (Lipinski definition) is 1. The highest BCUT2D eigenvalue weighted by Gasteiger charge is 2.13. The molecule has 2 N–H and O–H groups in total. The summed E-state index contributed by atoms with van der Waals surface area (Å²) in [5.41, 5.74) is 8.67. The van der Waals surface area contributed by atoms with E-state index in [4.69, 9.17) is 17.3 Å². The number of anilines is 1. The fraction of sp³-hybridized carbons (Fsp3) is 0.0833. The molecule has 0 radical (unpaired) electrons. The third-order valence-electron chi connectivity index (χ3n) is 2.76. The van der Waals surface area contributed by atoms with Crippen LogP contribution in [0.15, 0.2) is 30.6 Å². The van der Waals surface area contributed by atoms with Gasteiger partial charge in [0.25, 0.3) is 5.78 Å². The Morgan fingerprint density at radius 2 is 2.17 bits per heavy atom. The van der Waals surface area contributed by atoms with Gasteiger partial charge in [0.15, 0.2) is 0 Å². The Hall–Kier alpha value is -2.14. The van der Waals surface area contributed by atoms with E-state index < -0.39 is 0 Å². The first-order valence-corrected chi connectivity index (χ1v) is 5.76. The maximum atomic E-state index is 6.12. The minimum absolute atomic E-state index is 0.496. The number of rotatable bonds is 1. The van der Waals surface area contributed by atoms with Crippen molar-refractivity contribution in [3.8, 4) is 11.1 Å². The number of nitrogens with zero attached hydrogens (tertiary/aromatic N) is 4. The zero-order chi connectivity index (χ0) is 12.7. The Bertz CT molecular complexity index is 734. The van der Waals surface area contributed by atoms with Gasteiger partial charge in [0.05, 0.1) is 5.69 Å². The molecule has 0 spiro atoms. The number of fused-ring (bicyclic) bond motifs is 1. The van der Waals surface area contributed by atoms with E-state index in [9.17, 15) is 0 Å². The molecule has 0 saturated carbocycles. The molecule has 1 aromatic carbocycles. The Labute approximate surface area is 108 Å². The molecule has 5 nitrogen and oxygen atoms in total. The highest BCUT2D eigenvalue weighted by atomic mass is 35.5. The molecule has 90 valence electrons. The van der Waals surface area contributed by atoms with Gasteiger partial charge in [-0.15, -0.1) is 0 Å². The molecule has 0 unspecified atom stereocenters. The topological polar surface area (TPSA) is 69.1 Å². The Morgan fingerprint density at radius 3 is 2.94 bits per heavy atom. The Morgan fingerprint density at radius 1 is 1.33 bits per heavy atom. The van der Waals surface area contributed by atoms with E-state index in [1.165, 1.54) is 10.8 Å². The lowest BCUT2D eigenvalue weighted by Gasteiger charge is -2.10. The van der Waals surface area contributed by atoms with Crippen molar-refractivity contribution in [2.24, 2.45) is 0 Å². The smallest absolute Gasteiger partial charge is 0.254 e. The number of nitrogens with two attached hydrogens (primary N) is 1. The molecule has 18 heavy (non-hydrogen) atoms. The molecule has 6 heteroatoms. The van der Waals surface area contributed by atoms with Gasteiger partial charge in [-0.3, -0.25) is 0 Å². The number of aryl methyl sites for hydroxylation is 1. The summed E-state index contributed by atoms with van der Waals surface area (Å²) in [6.45, 7) is 1.89. The summed E-state index contributed by atoms with van der Waals surface area (Å²) in [5.74, 6) is 1.01. The molecule has 0 bridgehead atoms. The number of nitrogen functional groups attached to an aromatic ring is 1. The molecule has 0 saturated heterocycles. The maximum Gasteiger partial charge on any atom is 0.254 e. The van der Waals surface area contributed by atoms with E-state index in [1.54, 1.807) is 0 Å². The summed E-state index contributed by atoms with van der Waals surface area (Å²) >= 11 is 6.00. The lowest BCUT2D eigenvalue weighted by molar-refractivity contribution is 0.944. The van der Waals surface area contributed by atoms with Crippen molar-refractivity contribution < 1.29 is 0 Å². The van der Waals surface area contributed by atoms with E-state index in [-0.39, 0.29) is 0 Å². The summed E-state index contributed by atoms with van der Waals surface area (Å²) in [5, 5.41) is 4.71. The lowest BCUT2D eigenvalue weighted by Crippen LogP contribution is -2.05. The van der Waals surface area contributed by atoms with Gasteiger partial charge in [0, 0.05) is 10.6 Å². The van der Waals surface area contributed by atoms with Crippen LogP contribution >= 0.6 is 11.6 Å². The van der Waals surface area contributed by atoms with Crippen LogP contribution in [0.1, 0.15) is 5.69 Å². The van der Waals surface area contributed by atoms with Gasteiger partial charge in [-0.05, 0) is 24.6 Å². The number of benzene rings is 1. The van der Waals surface area contributed by atoms with Crippen LogP contribution in [0, 0.1) is 6.92 Å². The van der Waals surface area contributed by atoms with Crippen molar-refractivity contribution in [3.05, 3.63) is 41.3 Å². The largest absolute Gasteiger partial charge is 0.383 e. The summed E-state index contributed by atoms with van der Waals surface area (Å²) in [4.78, 5) is 8.40. The third kappa shape index (κ3) is 1.60.